The average Bonchev–Trinajstić information content (AvgIpc) is 3.43. The summed E-state index contributed by atoms with van der Waals surface area (Å²) in [5.74, 6) is 0.746. The molecule has 0 spiro atoms. The third-order valence-corrected chi connectivity index (χ3v) is 6.39. The van der Waals surface area contributed by atoms with Gasteiger partial charge in [0, 0.05) is 18.0 Å². The molecule has 5 rings (SSSR count). The predicted octanol–water partition coefficient (Wildman–Crippen LogP) is 3.87. The molecule has 0 N–H and O–H groups in total. The van der Waals surface area contributed by atoms with Gasteiger partial charge in [-0.15, -0.1) is 11.3 Å². The number of fused-ring (bicyclic) bond motifs is 1. The molecule has 1 aliphatic rings. The number of hydrogen-bond acceptors (Lipinski definition) is 8. The fraction of sp³-hybridized carbons (Fsp3) is 0.304. The van der Waals surface area contributed by atoms with Gasteiger partial charge in [0.25, 0.3) is 5.95 Å². The molecule has 4 heterocycles. The number of esters is 1. The molecule has 164 valence electrons. The van der Waals surface area contributed by atoms with Crippen molar-refractivity contribution >= 4 is 33.3 Å². The lowest BCUT2D eigenvalue weighted by atomic mass is 10.2. The summed E-state index contributed by atoms with van der Waals surface area (Å²) < 4.78 is 13.3. The molecule has 0 saturated carbocycles. The SMILES string of the molecule is CCOC(=O)c1cc(C)nn1-c1nc(N2CCOCC2)c2sc(-c3ccccc3)cc2n1. The Labute approximate surface area is 189 Å². The van der Waals surface area contributed by atoms with Crippen molar-refractivity contribution < 1.29 is 14.3 Å². The molecule has 0 unspecified atom stereocenters. The van der Waals surface area contributed by atoms with Crippen LogP contribution in [0.25, 0.3) is 26.6 Å². The van der Waals surface area contributed by atoms with Gasteiger partial charge in [-0.1, -0.05) is 30.3 Å². The van der Waals surface area contributed by atoms with Gasteiger partial charge in [0.05, 0.1) is 35.7 Å². The van der Waals surface area contributed by atoms with Crippen molar-refractivity contribution in [2.45, 2.75) is 13.8 Å². The maximum atomic E-state index is 12.5. The number of anilines is 1. The molecular formula is C23H23N5O3S. The normalized spacial score (nSPS) is 14.1. The van der Waals surface area contributed by atoms with Gasteiger partial charge in [-0.2, -0.15) is 14.8 Å². The van der Waals surface area contributed by atoms with Gasteiger partial charge in [-0.05, 0) is 31.5 Å². The Bertz CT molecular complexity index is 1260. The van der Waals surface area contributed by atoms with E-state index >= 15 is 0 Å². The van der Waals surface area contributed by atoms with Crippen LogP contribution < -0.4 is 4.90 Å². The highest BCUT2D eigenvalue weighted by molar-refractivity contribution is 7.22. The molecule has 0 bridgehead atoms. The Hall–Kier alpha value is -3.30. The zero-order valence-corrected chi connectivity index (χ0v) is 18.8. The van der Waals surface area contributed by atoms with Gasteiger partial charge in [-0.3, -0.25) is 0 Å². The second-order valence-corrected chi connectivity index (χ2v) is 8.49. The summed E-state index contributed by atoms with van der Waals surface area (Å²) in [5.41, 5.74) is 2.96. The largest absolute Gasteiger partial charge is 0.461 e. The van der Waals surface area contributed by atoms with Crippen LogP contribution >= 0.6 is 11.3 Å². The van der Waals surface area contributed by atoms with E-state index in [0.717, 1.165) is 39.6 Å². The number of thiophene rings is 1. The van der Waals surface area contributed by atoms with Gasteiger partial charge >= 0.3 is 5.97 Å². The van der Waals surface area contributed by atoms with Gasteiger partial charge in [0.1, 0.15) is 0 Å². The molecule has 32 heavy (non-hydrogen) atoms. The highest BCUT2D eigenvalue weighted by atomic mass is 32.1. The highest BCUT2D eigenvalue weighted by Gasteiger charge is 2.23. The Morgan fingerprint density at radius 1 is 1.16 bits per heavy atom. The topological polar surface area (TPSA) is 82.4 Å². The zero-order chi connectivity index (χ0) is 22.1. The van der Waals surface area contributed by atoms with Crippen molar-refractivity contribution in [3.05, 3.63) is 53.9 Å². The van der Waals surface area contributed by atoms with Gasteiger partial charge in [-0.25, -0.2) is 9.78 Å². The number of aryl methyl sites for hydroxylation is 1. The van der Waals surface area contributed by atoms with Crippen LogP contribution in [0.2, 0.25) is 0 Å². The van der Waals surface area contributed by atoms with Crippen molar-refractivity contribution in [1.82, 2.24) is 19.7 Å². The summed E-state index contributed by atoms with van der Waals surface area (Å²) in [6.45, 7) is 6.67. The first-order valence-corrected chi connectivity index (χ1v) is 11.4. The molecule has 8 nitrogen and oxygen atoms in total. The van der Waals surface area contributed by atoms with Crippen LogP contribution in [0, 0.1) is 6.92 Å². The van der Waals surface area contributed by atoms with Crippen molar-refractivity contribution in [3.63, 3.8) is 0 Å². The summed E-state index contributed by atoms with van der Waals surface area (Å²) in [4.78, 5) is 25.5. The molecule has 1 aromatic carbocycles. The quantitative estimate of drug-likeness (QED) is 0.428. The van der Waals surface area contributed by atoms with Gasteiger partial charge < -0.3 is 14.4 Å². The lowest BCUT2D eigenvalue weighted by molar-refractivity contribution is 0.0515. The number of carbonyl (C=O) groups is 1. The second-order valence-electron chi connectivity index (χ2n) is 7.44. The minimum absolute atomic E-state index is 0.285. The van der Waals surface area contributed by atoms with Crippen LogP contribution in [0.1, 0.15) is 23.1 Å². The number of ether oxygens (including phenoxy) is 2. The minimum Gasteiger partial charge on any atom is -0.461 e. The smallest absolute Gasteiger partial charge is 0.357 e. The van der Waals surface area contributed by atoms with Crippen LogP contribution in [-0.4, -0.2) is 58.6 Å². The van der Waals surface area contributed by atoms with Crippen molar-refractivity contribution in [2.24, 2.45) is 0 Å². The van der Waals surface area contributed by atoms with Gasteiger partial charge in [0.15, 0.2) is 11.5 Å². The van der Waals surface area contributed by atoms with E-state index in [9.17, 15) is 4.79 Å². The summed E-state index contributed by atoms with van der Waals surface area (Å²) in [6, 6.07) is 14.0. The molecule has 1 aliphatic heterocycles. The van der Waals surface area contributed by atoms with E-state index < -0.39 is 5.97 Å². The van der Waals surface area contributed by atoms with Crippen molar-refractivity contribution in [3.8, 4) is 16.4 Å². The lowest BCUT2D eigenvalue weighted by Crippen LogP contribution is -2.37. The fourth-order valence-corrected chi connectivity index (χ4v) is 4.85. The standard InChI is InChI=1S/C23H23N5O3S/c1-3-31-22(29)18-13-15(2)26-28(18)23-24-17-14-19(16-7-5-4-6-8-16)32-20(17)21(25-23)27-9-11-30-12-10-27/h4-8,13-14H,3,9-12H2,1-2H3. The van der Waals surface area contributed by atoms with E-state index in [1.165, 1.54) is 4.68 Å². The molecule has 9 heteroatoms. The summed E-state index contributed by atoms with van der Waals surface area (Å²) >= 11 is 1.67. The number of rotatable bonds is 5. The molecule has 3 aromatic heterocycles. The van der Waals surface area contributed by atoms with E-state index in [0.29, 0.717) is 30.5 Å². The third kappa shape index (κ3) is 3.85. The van der Waals surface area contributed by atoms with E-state index in [4.69, 9.17) is 19.4 Å². The van der Waals surface area contributed by atoms with Crippen LogP contribution in [-0.2, 0) is 9.47 Å². The third-order valence-electron chi connectivity index (χ3n) is 5.22. The summed E-state index contributed by atoms with van der Waals surface area (Å²) in [6.07, 6.45) is 0. The minimum atomic E-state index is -0.444. The van der Waals surface area contributed by atoms with Crippen LogP contribution in [0.15, 0.2) is 42.5 Å². The number of aromatic nitrogens is 4. The summed E-state index contributed by atoms with van der Waals surface area (Å²) in [5, 5.41) is 4.49. The molecule has 0 aliphatic carbocycles. The van der Waals surface area contributed by atoms with E-state index in [-0.39, 0.29) is 6.61 Å². The predicted molar refractivity (Wildman–Crippen MR) is 124 cm³/mol. The highest BCUT2D eigenvalue weighted by Crippen LogP contribution is 2.38. The first kappa shape index (κ1) is 20.6. The Morgan fingerprint density at radius 2 is 1.94 bits per heavy atom. The number of benzene rings is 1. The van der Waals surface area contributed by atoms with E-state index in [1.807, 2.05) is 25.1 Å². The molecule has 0 radical (unpaired) electrons. The zero-order valence-electron chi connectivity index (χ0n) is 17.9. The first-order valence-electron chi connectivity index (χ1n) is 10.6. The maximum absolute atomic E-state index is 12.5. The Balaban J connectivity index is 1.68. The fourth-order valence-electron chi connectivity index (χ4n) is 3.73. The molecule has 1 fully saturated rings. The van der Waals surface area contributed by atoms with Crippen LogP contribution in [0.3, 0.4) is 0 Å². The molecule has 0 atom stereocenters. The van der Waals surface area contributed by atoms with Crippen molar-refractivity contribution in [2.75, 3.05) is 37.8 Å². The Morgan fingerprint density at radius 3 is 2.69 bits per heavy atom. The lowest BCUT2D eigenvalue weighted by Gasteiger charge is -2.28. The average molecular weight is 450 g/mol. The second kappa shape index (κ2) is 8.68. The number of nitrogens with zero attached hydrogens (tertiary/aromatic N) is 5. The van der Waals surface area contributed by atoms with Gasteiger partial charge in [0.2, 0.25) is 0 Å². The van der Waals surface area contributed by atoms with Crippen LogP contribution in [0.4, 0.5) is 5.82 Å². The maximum Gasteiger partial charge on any atom is 0.357 e. The molecule has 4 aromatic rings. The number of morpholine rings is 1. The van der Waals surface area contributed by atoms with Crippen LogP contribution in [0.5, 0.6) is 0 Å². The molecule has 0 amide bonds. The first-order chi connectivity index (χ1) is 15.6. The molecular weight excluding hydrogens is 426 g/mol. The monoisotopic (exact) mass is 449 g/mol. The summed E-state index contributed by atoms with van der Waals surface area (Å²) in [7, 11) is 0. The number of hydrogen-bond donors (Lipinski definition) is 0. The molecule has 1 saturated heterocycles. The Kier molecular flexibility index (Phi) is 5.59. The van der Waals surface area contributed by atoms with E-state index in [2.05, 4.69) is 28.2 Å². The van der Waals surface area contributed by atoms with E-state index in [1.54, 1.807) is 24.3 Å². The number of carbonyl (C=O) groups excluding carboxylic acids is 1. The van der Waals surface area contributed by atoms with Crippen molar-refractivity contribution in [1.29, 1.82) is 0 Å².